The molecule has 132 valence electrons. The molecule has 2 aromatic heterocycles. The van der Waals surface area contributed by atoms with E-state index >= 15 is 0 Å². The molecule has 1 atom stereocenters. The van der Waals surface area contributed by atoms with E-state index in [1.165, 1.54) is 26.0 Å². The van der Waals surface area contributed by atoms with Crippen molar-refractivity contribution in [3.63, 3.8) is 0 Å². The highest BCUT2D eigenvalue weighted by Crippen LogP contribution is 2.22. The van der Waals surface area contributed by atoms with Crippen LogP contribution >= 0.6 is 23.2 Å². The highest BCUT2D eigenvalue weighted by molar-refractivity contribution is 6.34. The Bertz CT molecular complexity index is 874. The number of halogens is 2. The van der Waals surface area contributed by atoms with Crippen molar-refractivity contribution in [1.29, 1.82) is 0 Å². The molecule has 0 bridgehead atoms. The average molecular weight is 383 g/mol. The Kier molecular flexibility index (Phi) is 5.65. The maximum Gasteiger partial charge on any atom is 0.359 e. The number of Topliss-reactive ketones (excluding diaryl/α,β-unsaturated/α-hetero) is 2. The number of aromatic amines is 1. The van der Waals surface area contributed by atoms with Crippen LogP contribution in [0.25, 0.3) is 0 Å². The lowest BCUT2D eigenvalue weighted by molar-refractivity contribution is 0.0311. The molecular weight excluding hydrogens is 367 g/mol. The largest absolute Gasteiger partial charge is 0.449 e. The fraction of sp³-hybridized carbons (Fsp3) is 0.294. The molecule has 0 radical (unpaired) electrons. The van der Waals surface area contributed by atoms with E-state index in [9.17, 15) is 14.4 Å². The molecule has 0 aliphatic carbocycles. The summed E-state index contributed by atoms with van der Waals surface area (Å²) in [6.07, 6.45) is -1.10. The standard InChI is InChI=1S/C17H16Cl2N2O4/c1-7-13(9(3)22)8(2)20-14(7)16(23)10(4)25-17(24)15-11(18)5-6-12(19)21-15/h5-6,10,20H,1-4H3. The van der Waals surface area contributed by atoms with Gasteiger partial charge in [0.15, 0.2) is 17.6 Å². The molecule has 8 heteroatoms. The molecule has 2 aromatic rings. The van der Waals surface area contributed by atoms with Gasteiger partial charge in [0.1, 0.15) is 5.15 Å². The van der Waals surface area contributed by atoms with Crippen LogP contribution in [0.4, 0.5) is 0 Å². The zero-order chi connectivity index (χ0) is 18.9. The highest BCUT2D eigenvalue weighted by Gasteiger charge is 2.27. The first kappa shape index (κ1) is 19.1. The summed E-state index contributed by atoms with van der Waals surface area (Å²) < 4.78 is 5.15. The zero-order valence-electron chi connectivity index (χ0n) is 14.1. The summed E-state index contributed by atoms with van der Waals surface area (Å²) in [7, 11) is 0. The Hall–Kier alpha value is -2.18. The molecule has 2 rings (SSSR count). The minimum atomic E-state index is -1.10. The van der Waals surface area contributed by atoms with Crippen LogP contribution in [0.3, 0.4) is 0 Å². The number of pyridine rings is 1. The monoisotopic (exact) mass is 382 g/mol. The number of aromatic nitrogens is 2. The molecule has 1 N–H and O–H groups in total. The van der Waals surface area contributed by atoms with Crippen LogP contribution < -0.4 is 0 Å². The van der Waals surface area contributed by atoms with Crippen LogP contribution in [-0.4, -0.2) is 33.6 Å². The van der Waals surface area contributed by atoms with E-state index in [2.05, 4.69) is 9.97 Å². The quantitative estimate of drug-likeness (QED) is 0.480. The molecule has 0 saturated heterocycles. The molecule has 0 aromatic carbocycles. The second-order valence-electron chi connectivity index (χ2n) is 5.56. The van der Waals surface area contributed by atoms with Gasteiger partial charge >= 0.3 is 5.97 Å². The third kappa shape index (κ3) is 3.91. The van der Waals surface area contributed by atoms with E-state index in [1.807, 2.05) is 0 Å². The van der Waals surface area contributed by atoms with Crippen molar-refractivity contribution >= 4 is 40.7 Å². The fourth-order valence-corrected chi connectivity index (χ4v) is 2.89. The molecule has 0 aliphatic rings. The van der Waals surface area contributed by atoms with Crippen LogP contribution in [0.1, 0.15) is 56.4 Å². The van der Waals surface area contributed by atoms with Crippen LogP contribution in [0.15, 0.2) is 12.1 Å². The van der Waals surface area contributed by atoms with Gasteiger partial charge < -0.3 is 9.72 Å². The van der Waals surface area contributed by atoms with Crippen molar-refractivity contribution in [2.45, 2.75) is 33.8 Å². The normalized spacial score (nSPS) is 11.9. The van der Waals surface area contributed by atoms with Crippen molar-refractivity contribution in [1.82, 2.24) is 9.97 Å². The molecule has 0 aliphatic heterocycles. The zero-order valence-corrected chi connectivity index (χ0v) is 15.6. The minimum absolute atomic E-state index is 0.0693. The number of esters is 1. The minimum Gasteiger partial charge on any atom is -0.449 e. The van der Waals surface area contributed by atoms with E-state index in [4.69, 9.17) is 27.9 Å². The number of hydrogen-bond donors (Lipinski definition) is 1. The van der Waals surface area contributed by atoms with Gasteiger partial charge in [0, 0.05) is 11.3 Å². The van der Waals surface area contributed by atoms with E-state index in [0.29, 0.717) is 16.8 Å². The van der Waals surface area contributed by atoms with Gasteiger partial charge in [-0.2, -0.15) is 0 Å². The van der Waals surface area contributed by atoms with Gasteiger partial charge in [-0.1, -0.05) is 23.2 Å². The van der Waals surface area contributed by atoms with Gasteiger partial charge in [-0.15, -0.1) is 0 Å². The lowest BCUT2D eigenvalue weighted by Crippen LogP contribution is -2.26. The number of carbonyl (C=O) groups excluding carboxylic acids is 3. The highest BCUT2D eigenvalue weighted by atomic mass is 35.5. The number of hydrogen-bond acceptors (Lipinski definition) is 5. The fourth-order valence-electron chi connectivity index (χ4n) is 2.56. The maximum absolute atomic E-state index is 12.6. The summed E-state index contributed by atoms with van der Waals surface area (Å²) in [5.41, 5.74) is 1.63. The predicted molar refractivity (Wildman–Crippen MR) is 93.7 cm³/mol. The Labute approximate surface area is 154 Å². The second-order valence-corrected chi connectivity index (χ2v) is 6.35. The van der Waals surface area contributed by atoms with Crippen molar-refractivity contribution in [3.05, 3.63) is 50.5 Å². The number of nitrogens with one attached hydrogen (secondary N) is 1. The first-order valence-corrected chi connectivity index (χ1v) is 8.16. The number of ether oxygens (including phenoxy) is 1. The van der Waals surface area contributed by atoms with E-state index in [1.54, 1.807) is 13.8 Å². The van der Waals surface area contributed by atoms with Crippen LogP contribution in [0, 0.1) is 13.8 Å². The molecule has 1 unspecified atom stereocenters. The third-order valence-corrected chi connectivity index (χ3v) is 4.21. The smallest absolute Gasteiger partial charge is 0.359 e. The number of carbonyl (C=O) groups is 3. The van der Waals surface area contributed by atoms with E-state index < -0.39 is 17.9 Å². The Morgan fingerprint density at radius 3 is 2.40 bits per heavy atom. The van der Waals surface area contributed by atoms with Gasteiger partial charge in [0.2, 0.25) is 5.78 Å². The molecule has 0 amide bonds. The molecular formula is C17H16Cl2N2O4. The Morgan fingerprint density at radius 2 is 1.84 bits per heavy atom. The Morgan fingerprint density at radius 1 is 1.20 bits per heavy atom. The number of nitrogens with zero attached hydrogens (tertiary/aromatic N) is 1. The topological polar surface area (TPSA) is 89.1 Å². The van der Waals surface area contributed by atoms with Crippen molar-refractivity contribution in [2.75, 3.05) is 0 Å². The third-order valence-electron chi connectivity index (χ3n) is 3.69. The van der Waals surface area contributed by atoms with Gasteiger partial charge in [0.05, 0.1) is 10.7 Å². The van der Waals surface area contributed by atoms with Crippen LogP contribution in [0.5, 0.6) is 0 Å². The molecule has 0 fully saturated rings. The average Bonchev–Trinajstić information content (AvgIpc) is 2.83. The summed E-state index contributed by atoms with van der Waals surface area (Å²) in [5.74, 6) is -1.47. The maximum atomic E-state index is 12.6. The Balaban J connectivity index is 2.24. The van der Waals surface area contributed by atoms with E-state index in [0.717, 1.165) is 0 Å². The lowest BCUT2D eigenvalue weighted by atomic mass is 10.0. The predicted octanol–water partition coefficient (Wildman–Crippen LogP) is 3.96. The second kappa shape index (κ2) is 7.37. The van der Waals surface area contributed by atoms with Crippen LogP contribution in [0.2, 0.25) is 10.2 Å². The van der Waals surface area contributed by atoms with Gasteiger partial charge in [-0.3, -0.25) is 9.59 Å². The van der Waals surface area contributed by atoms with Crippen LogP contribution in [-0.2, 0) is 4.74 Å². The molecule has 2 heterocycles. The van der Waals surface area contributed by atoms with Gasteiger partial charge in [-0.05, 0) is 45.4 Å². The summed E-state index contributed by atoms with van der Waals surface area (Å²) in [6.45, 7) is 6.22. The number of H-pyrrole nitrogens is 1. The van der Waals surface area contributed by atoms with Gasteiger partial charge in [-0.25, -0.2) is 9.78 Å². The summed E-state index contributed by atoms with van der Waals surface area (Å²) in [5, 5.41) is 0.150. The number of ketones is 2. The van der Waals surface area contributed by atoms with Crippen molar-refractivity contribution in [3.8, 4) is 0 Å². The molecule has 6 nitrogen and oxygen atoms in total. The number of rotatable bonds is 5. The summed E-state index contributed by atoms with van der Waals surface area (Å²) in [6, 6.07) is 2.85. The first-order valence-electron chi connectivity index (χ1n) is 7.40. The van der Waals surface area contributed by atoms with Crippen molar-refractivity contribution < 1.29 is 19.1 Å². The molecule has 25 heavy (non-hydrogen) atoms. The summed E-state index contributed by atoms with van der Waals surface area (Å²) >= 11 is 11.6. The number of aryl methyl sites for hydroxylation is 1. The van der Waals surface area contributed by atoms with Gasteiger partial charge in [0.25, 0.3) is 0 Å². The van der Waals surface area contributed by atoms with E-state index in [-0.39, 0.29) is 27.3 Å². The molecule has 0 saturated carbocycles. The molecule has 0 spiro atoms. The van der Waals surface area contributed by atoms with Crippen molar-refractivity contribution in [2.24, 2.45) is 0 Å². The SMILES string of the molecule is CC(=O)c1c(C)[nH]c(C(=O)C(C)OC(=O)c2nc(Cl)ccc2Cl)c1C. The lowest BCUT2D eigenvalue weighted by Gasteiger charge is -2.12. The first-order chi connectivity index (χ1) is 11.6. The summed E-state index contributed by atoms with van der Waals surface area (Å²) in [4.78, 5) is 43.1.